The molecule has 4 nitrogen and oxygen atoms in total. The largest absolute Gasteiger partial charge is 0.464 e. The molecule has 0 fully saturated rings. The van der Waals surface area contributed by atoms with Crippen molar-refractivity contribution in [3.63, 3.8) is 0 Å². The number of esters is 1. The Morgan fingerprint density at radius 3 is 2.62 bits per heavy atom. The average molecular weight is 224 g/mol. The lowest BCUT2D eigenvalue weighted by Gasteiger charge is -2.14. The summed E-state index contributed by atoms with van der Waals surface area (Å²) in [6, 6.07) is 9.26. The van der Waals surface area contributed by atoms with Crippen LogP contribution in [0.2, 0.25) is 0 Å². The average Bonchev–Trinajstić information content (AvgIpc) is 2.31. The summed E-state index contributed by atoms with van der Waals surface area (Å²) in [5, 5.41) is 9.15. The van der Waals surface area contributed by atoms with Crippen LogP contribution in [0.3, 0.4) is 0 Å². The van der Waals surface area contributed by atoms with Crippen LogP contribution in [-0.2, 0) is 14.3 Å². The molecule has 1 aromatic carbocycles. The lowest BCUT2D eigenvalue weighted by Crippen LogP contribution is -2.17. The van der Waals surface area contributed by atoms with Crippen LogP contribution < -0.4 is 0 Å². The summed E-state index contributed by atoms with van der Waals surface area (Å²) in [5.41, 5.74) is 0.842. The molecule has 88 valence electrons. The van der Waals surface area contributed by atoms with Gasteiger partial charge in [-0.15, -0.1) is 0 Å². The van der Waals surface area contributed by atoms with Gasteiger partial charge in [-0.1, -0.05) is 30.3 Å². The van der Waals surface area contributed by atoms with Crippen molar-refractivity contribution in [1.29, 1.82) is 0 Å². The minimum absolute atomic E-state index is 0.145. The molecule has 0 radical (unpaired) electrons. The van der Waals surface area contributed by atoms with E-state index in [2.05, 4.69) is 0 Å². The lowest BCUT2D eigenvalue weighted by atomic mass is 10.1. The maximum absolute atomic E-state index is 11.1. The van der Waals surface area contributed by atoms with E-state index in [0.29, 0.717) is 6.61 Å². The minimum atomic E-state index is -0.481. The number of ether oxygens (including phenoxy) is 2. The number of carbonyl (C=O) groups excluding carboxylic acids is 1. The van der Waals surface area contributed by atoms with E-state index in [1.54, 1.807) is 6.92 Å². The van der Waals surface area contributed by atoms with Gasteiger partial charge in [0.15, 0.2) is 0 Å². The van der Waals surface area contributed by atoms with Gasteiger partial charge in [0.2, 0.25) is 0 Å². The van der Waals surface area contributed by atoms with Crippen molar-refractivity contribution in [2.45, 2.75) is 13.0 Å². The van der Waals surface area contributed by atoms with Gasteiger partial charge in [-0.25, -0.2) is 4.79 Å². The molecule has 4 heteroatoms. The predicted molar refractivity (Wildman–Crippen MR) is 58.9 cm³/mol. The van der Waals surface area contributed by atoms with Crippen LogP contribution in [0.4, 0.5) is 0 Å². The molecule has 1 atom stereocenters. The fraction of sp³-hybridized carbons (Fsp3) is 0.417. The summed E-state index contributed by atoms with van der Waals surface area (Å²) in [4.78, 5) is 11.1. The lowest BCUT2D eigenvalue weighted by molar-refractivity contribution is -0.151. The zero-order chi connectivity index (χ0) is 11.8. The van der Waals surface area contributed by atoms with E-state index in [4.69, 9.17) is 14.6 Å². The van der Waals surface area contributed by atoms with Crippen molar-refractivity contribution in [3.8, 4) is 0 Å². The highest BCUT2D eigenvalue weighted by Crippen LogP contribution is 2.15. The highest BCUT2D eigenvalue weighted by molar-refractivity contribution is 5.70. The molecule has 16 heavy (non-hydrogen) atoms. The first-order valence-electron chi connectivity index (χ1n) is 5.21. The molecular formula is C12H16O4. The van der Waals surface area contributed by atoms with Crippen molar-refractivity contribution < 1.29 is 19.4 Å². The van der Waals surface area contributed by atoms with E-state index in [9.17, 15) is 4.79 Å². The molecule has 1 aromatic rings. The third-order valence-corrected chi connectivity index (χ3v) is 2.04. The zero-order valence-corrected chi connectivity index (χ0v) is 9.26. The molecule has 0 spiro atoms. The van der Waals surface area contributed by atoms with Gasteiger partial charge in [0.25, 0.3) is 0 Å². The minimum Gasteiger partial charge on any atom is -0.464 e. The quantitative estimate of drug-likeness (QED) is 0.740. The van der Waals surface area contributed by atoms with Gasteiger partial charge in [-0.2, -0.15) is 0 Å². The van der Waals surface area contributed by atoms with Gasteiger partial charge in [-0.3, -0.25) is 0 Å². The predicted octanol–water partition coefficient (Wildman–Crippen LogP) is 1.30. The van der Waals surface area contributed by atoms with E-state index in [-0.39, 0.29) is 13.2 Å². The van der Waals surface area contributed by atoms with Crippen molar-refractivity contribution in [1.82, 2.24) is 0 Å². The molecule has 1 unspecified atom stereocenters. The molecule has 0 bridgehead atoms. The van der Waals surface area contributed by atoms with Crippen LogP contribution >= 0.6 is 0 Å². The summed E-state index contributed by atoms with van der Waals surface area (Å²) in [7, 11) is 0. The molecule has 0 saturated carbocycles. The Labute approximate surface area is 94.8 Å². The molecule has 0 aliphatic rings. The van der Waals surface area contributed by atoms with E-state index in [1.165, 1.54) is 0 Å². The maximum Gasteiger partial charge on any atom is 0.332 e. The molecule has 1 N–H and O–H groups in total. The Morgan fingerprint density at radius 1 is 1.38 bits per heavy atom. The molecule has 0 saturated heterocycles. The molecule has 0 aromatic heterocycles. The second-order valence-corrected chi connectivity index (χ2v) is 3.20. The summed E-state index contributed by atoms with van der Waals surface area (Å²) < 4.78 is 9.99. The second kappa shape index (κ2) is 6.98. The standard InChI is InChI=1S/C12H16O4/c1-2-15-12(14)9-16-11(8-13)10-6-4-3-5-7-10/h3-7,11,13H,2,8-9H2,1H3. The number of carbonyl (C=O) groups is 1. The number of aliphatic hydroxyl groups excluding tert-OH is 1. The van der Waals surface area contributed by atoms with Gasteiger partial charge in [0, 0.05) is 0 Å². The highest BCUT2D eigenvalue weighted by atomic mass is 16.6. The fourth-order valence-electron chi connectivity index (χ4n) is 1.29. The van der Waals surface area contributed by atoms with Crippen LogP contribution in [0.5, 0.6) is 0 Å². The molecule has 0 amide bonds. The van der Waals surface area contributed by atoms with Gasteiger partial charge in [0.05, 0.1) is 13.2 Å². The van der Waals surface area contributed by atoms with Crippen molar-refractivity contribution in [3.05, 3.63) is 35.9 Å². The fourth-order valence-corrected chi connectivity index (χ4v) is 1.29. The summed E-state index contributed by atoms with van der Waals surface area (Å²) >= 11 is 0. The van der Waals surface area contributed by atoms with Crippen LogP contribution in [0.25, 0.3) is 0 Å². The second-order valence-electron chi connectivity index (χ2n) is 3.20. The Bertz CT molecular complexity index is 310. The van der Waals surface area contributed by atoms with Crippen molar-refractivity contribution >= 4 is 5.97 Å². The topological polar surface area (TPSA) is 55.8 Å². The van der Waals surface area contributed by atoms with Crippen LogP contribution in [0.1, 0.15) is 18.6 Å². The van der Waals surface area contributed by atoms with Gasteiger partial charge < -0.3 is 14.6 Å². The molecule has 0 heterocycles. The number of aliphatic hydroxyl groups is 1. The SMILES string of the molecule is CCOC(=O)COC(CO)c1ccccc1. The monoisotopic (exact) mass is 224 g/mol. The van der Waals surface area contributed by atoms with E-state index >= 15 is 0 Å². The highest BCUT2D eigenvalue weighted by Gasteiger charge is 2.12. The first kappa shape index (κ1) is 12.7. The van der Waals surface area contributed by atoms with Gasteiger partial charge in [0.1, 0.15) is 12.7 Å². The number of rotatable bonds is 6. The van der Waals surface area contributed by atoms with Crippen molar-refractivity contribution in [2.24, 2.45) is 0 Å². The smallest absolute Gasteiger partial charge is 0.332 e. The summed E-state index contributed by atoms with van der Waals surface area (Å²) in [6.07, 6.45) is -0.481. The van der Waals surface area contributed by atoms with Crippen LogP contribution in [-0.4, -0.2) is 30.9 Å². The van der Waals surface area contributed by atoms with Gasteiger partial charge in [-0.05, 0) is 12.5 Å². The molecule has 1 rings (SSSR count). The van der Waals surface area contributed by atoms with E-state index in [1.807, 2.05) is 30.3 Å². The van der Waals surface area contributed by atoms with Crippen molar-refractivity contribution in [2.75, 3.05) is 19.8 Å². The maximum atomic E-state index is 11.1. The Morgan fingerprint density at radius 2 is 2.06 bits per heavy atom. The number of benzene rings is 1. The van der Waals surface area contributed by atoms with Crippen LogP contribution in [0, 0.1) is 0 Å². The Kier molecular flexibility index (Phi) is 5.53. The molecule has 0 aliphatic heterocycles. The first-order valence-corrected chi connectivity index (χ1v) is 5.21. The summed E-state index contributed by atoms with van der Waals surface area (Å²) in [5.74, 6) is -0.420. The normalized spacial score (nSPS) is 12.1. The first-order chi connectivity index (χ1) is 7.77. The molecule has 0 aliphatic carbocycles. The van der Waals surface area contributed by atoms with Crippen LogP contribution in [0.15, 0.2) is 30.3 Å². The third-order valence-electron chi connectivity index (χ3n) is 2.04. The van der Waals surface area contributed by atoms with E-state index < -0.39 is 12.1 Å². The zero-order valence-electron chi connectivity index (χ0n) is 9.26. The number of hydrogen-bond acceptors (Lipinski definition) is 4. The van der Waals surface area contributed by atoms with Gasteiger partial charge >= 0.3 is 5.97 Å². The summed E-state index contributed by atoms with van der Waals surface area (Å²) in [6.45, 7) is 1.76. The number of hydrogen-bond donors (Lipinski definition) is 1. The third kappa shape index (κ3) is 4.00. The van der Waals surface area contributed by atoms with E-state index in [0.717, 1.165) is 5.56 Å². The molecular weight excluding hydrogens is 208 g/mol. The Hall–Kier alpha value is -1.39. The Balaban J connectivity index is 2.47.